The number of allylic oxidation sites excluding steroid dienone is 4. The Kier molecular flexibility index (Phi) is 7.00. The molecule has 0 spiro atoms. The van der Waals surface area contributed by atoms with Gasteiger partial charge in [-0.2, -0.15) is 0 Å². The molecule has 0 unspecified atom stereocenters. The lowest BCUT2D eigenvalue weighted by Crippen LogP contribution is -1.78. The molecule has 1 aromatic carbocycles. The van der Waals surface area contributed by atoms with Crippen molar-refractivity contribution < 1.29 is 0 Å². The van der Waals surface area contributed by atoms with Crippen LogP contribution in [0.3, 0.4) is 0 Å². The zero-order valence-electron chi connectivity index (χ0n) is 9.96. The van der Waals surface area contributed by atoms with Crippen molar-refractivity contribution in [3.8, 4) is 0 Å². The molecule has 1 aromatic rings. The van der Waals surface area contributed by atoms with Gasteiger partial charge < -0.3 is 0 Å². The first-order valence-electron chi connectivity index (χ1n) is 5.29. The molecule has 0 bridgehead atoms. The van der Waals surface area contributed by atoms with E-state index in [-0.39, 0.29) is 0 Å². The molecular formula is C15H20. The molecule has 1 rings (SSSR count). The van der Waals surface area contributed by atoms with Gasteiger partial charge in [0.25, 0.3) is 0 Å². The van der Waals surface area contributed by atoms with Crippen LogP contribution in [0.5, 0.6) is 0 Å². The number of hydrogen-bond donors (Lipinski definition) is 0. The summed E-state index contributed by atoms with van der Waals surface area (Å²) >= 11 is 0. The molecule has 0 saturated carbocycles. The Bertz CT molecular complexity index is 326. The largest absolute Gasteiger partial charge is 0.0991 e. The fraction of sp³-hybridized carbons (Fsp3) is 0.200. The van der Waals surface area contributed by atoms with Gasteiger partial charge in [0.1, 0.15) is 0 Å². The lowest BCUT2D eigenvalue weighted by molar-refractivity contribution is 1.46. The molecule has 0 saturated heterocycles. The first-order valence-corrected chi connectivity index (χ1v) is 5.29. The third-order valence-electron chi connectivity index (χ3n) is 1.86. The minimum Gasteiger partial charge on any atom is -0.0991 e. The van der Waals surface area contributed by atoms with Crippen LogP contribution in [-0.4, -0.2) is 0 Å². The monoisotopic (exact) mass is 200 g/mol. The van der Waals surface area contributed by atoms with Crippen molar-refractivity contribution >= 4 is 5.57 Å². The molecule has 0 aliphatic carbocycles. The van der Waals surface area contributed by atoms with E-state index in [2.05, 4.69) is 44.3 Å². The molecule has 80 valence electrons. The van der Waals surface area contributed by atoms with Gasteiger partial charge >= 0.3 is 0 Å². The van der Waals surface area contributed by atoms with E-state index in [4.69, 9.17) is 0 Å². The van der Waals surface area contributed by atoms with Crippen molar-refractivity contribution in [3.05, 3.63) is 66.8 Å². The maximum atomic E-state index is 3.96. The van der Waals surface area contributed by atoms with E-state index in [9.17, 15) is 0 Å². The van der Waals surface area contributed by atoms with Crippen molar-refractivity contribution in [1.82, 2.24) is 0 Å². The van der Waals surface area contributed by atoms with Gasteiger partial charge in [-0.25, -0.2) is 0 Å². The van der Waals surface area contributed by atoms with Gasteiger partial charge in [0.05, 0.1) is 0 Å². The summed E-state index contributed by atoms with van der Waals surface area (Å²) in [6.07, 6.45) is 5.60. The first kappa shape index (κ1) is 13.4. The minimum atomic E-state index is 1.01. The van der Waals surface area contributed by atoms with Gasteiger partial charge in [0.15, 0.2) is 0 Å². The minimum absolute atomic E-state index is 1.01. The van der Waals surface area contributed by atoms with Crippen LogP contribution >= 0.6 is 0 Å². The fourth-order valence-electron chi connectivity index (χ4n) is 1.05. The summed E-state index contributed by atoms with van der Waals surface area (Å²) in [6, 6.07) is 8.32. The highest BCUT2D eigenvalue weighted by atomic mass is 14.0. The highest BCUT2D eigenvalue weighted by Gasteiger charge is 1.92. The van der Waals surface area contributed by atoms with Crippen LogP contribution in [0.15, 0.2) is 55.7 Å². The Hall–Kier alpha value is -1.56. The first-order chi connectivity index (χ1) is 7.24. The zero-order chi connectivity index (χ0) is 11.7. The second-order valence-corrected chi connectivity index (χ2v) is 2.99. The van der Waals surface area contributed by atoms with Crippen molar-refractivity contribution in [1.29, 1.82) is 0 Å². The van der Waals surface area contributed by atoms with Gasteiger partial charge in [-0.15, -0.1) is 0 Å². The third-order valence-corrected chi connectivity index (χ3v) is 1.86. The lowest BCUT2D eigenvalue weighted by atomic mass is 10.1. The van der Waals surface area contributed by atoms with Gasteiger partial charge in [-0.05, 0) is 18.1 Å². The molecule has 0 amide bonds. The Morgan fingerprint density at radius 1 is 1.13 bits per heavy atom. The van der Waals surface area contributed by atoms with Crippen LogP contribution in [0, 0.1) is 6.92 Å². The molecule has 0 aromatic heterocycles. The quantitative estimate of drug-likeness (QED) is 0.616. The molecule has 0 N–H and O–H groups in total. The third kappa shape index (κ3) is 5.02. The SMILES string of the molecule is C=C/C=C\C(=C)c1ccc(C)cc1.CC. The molecule has 0 radical (unpaired) electrons. The summed E-state index contributed by atoms with van der Waals surface area (Å²) in [6.45, 7) is 13.6. The van der Waals surface area contributed by atoms with Crippen molar-refractivity contribution in [2.45, 2.75) is 20.8 Å². The predicted molar refractivity (Wildman–Crippen MR) is 70.9 cm³/mol. The number of rotatable bonds is 3. The second-order valence-electron chi connectivity index (χ2n) is 2.99. The maximum Gasteiger partial charge on any atom is -0.0190 e. The van der Waals surface area contributed by atoms with Crippen LogP contribution in [0.25, 0.3) is 5.57 Å². The Balaban J connectivity index is 0.000000921. The van der Waals surface area contributed by atoms with Gasteiger partial charge in [0.2, 0.25) is 0 Å². The van der Waals surface area contributed by atoms with E-state index >= 15 is 0 Å². The molecule has 0 aliphatic rings. The van der Waals surface area contributed by atoms with E-state index in [1.807, 2.05) is 26.0 Å². The van der Waals surface area contributed by atoms with Crippen LogP contribution in [0.4, 0.5) is 0 Å². The normalized spacial score (nSPS) is 9.27. The molecule has 0 atom stereocenters. The van der Waals surface area contributed by atoms with E-state index in [1.54, 1.807) is 6.08 Å². The highest BCUT2D eigenvalue weighted by Crippen LogP contribution is 2.14. The smallest absolute Gasteiger partial charge is 0.0190 e. The average Bonchev–Trinajstić information content (AvgIpc) is 2.29. The molecule has 0 fully saturated rings. The Labute approximate surface area is 93.7 Å². The summed E-state index contributed by atoms with van der Waals surface area (Å²) in [5.74, 6) is 0. The van der Waals surface area contributed by atoms with Crippen molar-refractivity contribution in [2.24, 2.45) is 0 Å². The average molecular weight is 200 g/mol. The molecule has 0 aliphatic heterocycles. The maximum absolute atomic E-state index is 3.96. The fourth-order valence-corrected chi connectivity index (χ4v) is 1.05. The topological polar surface area (TPSA) is 0 Å². The second kappa shape index (κ2) is 7.81. The van der Waals surface area contributed by atoms with Crippen molar-refractivity contribution in [2.75, 3.05) is 0 Å². The number of aryl methyl sites for hydroxylation is 1. The lowest BCUT2D eigenvalue weighted by Gasteiger charge is -1.99. The zero-order valence-corrected chi connectivity index (χ0v) is 9.96. The van der Waals surface area contributed by atoms with Crippen LogP contribution in [0.1, 0.15) is 25.0 Å². The summed E-state index contributed by atoms with van der Waals surface area (Å²) in [4.78, 5) is 0. The Morgan fingerprint density at radius 2 is 1.67 bits per heavy atom. The molecular weight excluding hydrogens is 180 g/mol. The molecule has 0 heterocycles. The summed E-state index contributed by atoms with van der Waals surface area (Å²) in [5.41, 5.74) is 3.44. The predicted octanol–water partition coefficient (Wildman–Crippen LogP) is 4.78. The van der Waals surface area contributed by atoms with Gasteiger partial charge in [0, 0.05) is 0 Å². The number of benzene rings is 1. The Morgan fingerprint density at radius 3 is 2.13 bits per heavy atom. The van der Waals surface area contributed by atoms with Crippen molar-refractivity contribution in [3.63, 3.8) is 0 Å². The van der Waals surface area contributed by atoms with E-state index in [0.29, 0.717) is 0 Å². The van der Waals surface area contributed by atoms with E-state index in [0.717, 1.165) is 11.1 Å². The standard InChI is InChI=1S/C13H14.C2H6/c1-4-5-6-12(3)13-9-7-11(2)8-10-13;1-2/h4-10H,1,3H2,2H3;1-2H3/b6-5-;. The molecule has 0 nitrogen and oxygen atoms in total. The van der Waals surface area contributed by atoms with E-state index in [1.165, 1.54) is 5.56 Å². The summed E-state index contributed by atoms with van der Waals surface area (Å²) in [5, 5.41) is 0. The summed E-state index contributed by atoms with van der Waals surface area (Å²) in [7, 11) is 0. The van der Waals surface area contributed by atoms with Gasteiger partial charge in [-0.1, -0.05) is 75.1 Å². The molecule has 0 heteroatoms. The highest BCUT2D eigenvalue weighted by molar-refractivity contribution is 5.72. The van der Waals surface area contributed by atoms with Crippen LogP contribution in [0.2, 0.25) is 0 Å². The summed E-state index contributed by atoms with van der Waals surface area (Å²) < 4.78 is 0. The van der Waals surface area contributed by atoms with E-state index < -0.39 is 0 Å². The number of hydrogen-bond acceptors (Lipinski definition) is 0. The van der Waals surface area contributed by atoms with Crippen LogP contribution < -0.4 is 0 Å². The van der Waals surface area contributed by atoms with Crippen LogP contribution in [-0.2, 0) is 0 Å². The molecule has 15 heavy (non-hydrogen) atoms. The van der Waals surface area contributed by atoms with Gasteiger partial charge in [-0.3, -0.25) is 0 Å².